The van der Waals surface area contributed by atoms with Crippen molar-refractivity contribution in [2.45, 2.75) is 12.5 Å². The zero-order valence-corrected chi connectivity index (χ0v) is 17.4. The number of para-hydroxylation sites is 1. The molecule has 154 valence electrons. The number of hydrogen-bond acceptors (Lipinski definition) is 4. The van der Waals surface area contributed by atoms with Gasteiger partial charge in [-0.1, -0.05) is 42.5 Å². The topological polar surface area (TPSA) is 48.0 Å². The first kappa shape index (κ1) is 19.8. The maximum Gasteiger partial charge on any atom is 0.258 e. The summed E-state index contributed by atoms with van der Waals surface area (Å²) < 4.78 is 16.5. The van der Waals surface area contributed by atoms with Crippen LogP contribution in [0.2, 0.25) is 0 Å². The number of nitrogens with zero attached hydrogens (tertiary/aromatic N) is 1. The molecule has 3 aromatic rings. The molecule has 3 aromatic carbocycles. The summed E-state index contributed by atoms with van der Waals surface area (Å²) in [7, 11) is 4.85. The van der Waals surface area contributed by atoms with Gasteiger partial charge in [-0.2, -0.15) is 0 Å². The van der Waals surface area contributed by atoms with Crippen LogP contribution in [0.15, 0.2) is 66.7 Å². The van der Waals surface area contributed by atoms with Gasteiger partial charge in [0, 0.05) is 6.54 Å². The van der Waals surface area contributed by atoms with Gasteiger partial charge in [-0.05, 0) is 47.4 Å². The van der Waals surface area contributed by atoms with Gasteiger partial charge in [0.25, 0.3) is 5.91 Å². The smallest absolute Gasteiger partial charge is 0.258 e. The summed E-state index contributed by atoms with van der Waals surface area (Å²) in [6.45, 7) is 0.596. The molecule has 0 N–H and O–H groups in total. The molecule has 30 heavy (non-hydrogen) atoms. The summed E-state index contributed by atoms with van der Waals surface area (Å²) in [6.07, 6.45) is 0.736. The number of hydrogen-bond donors (Lipinski definition) is 0. The molecule has 0 unspecified atom stereocenters. The summed E-state index contributed by atoms with van der Waals surface area (Å²) in [5, 5.41) is 0. The van der Waals surface area contributed by atoms with E-state index in [1.54, 1.807) is 21.3 Å². The third-order valence-corrected chi connectivity index (χ3v) is 5.59. The van der Waals surface area contributed by atoms with Gasteiger partial charge < -0.3 is 19.1 Å². The van der Waals surface area contributed by atoms with E-state index in [0.717, 1.165) is 23.1 Å². The lowest BCUT2D eigenvalue weighted by Crippen LogP contribution is -2.40. The predicted octanol–water partition coefficient (Wildman–Crippen LogP) is 4.50. The van der Waals surface area contributed by atoms with Crippen LogP contribution in [0.3, 0.4) is 0 Å². The fraction of sp³-hybridized carbons (Fsp3) is 0.240. The standard InChI is InChI=1S/C25H25NO4/c1-28-21-12-8-7-11-19(21)25(27)26-14-13-18-15-22(29-2)23(30-3)16-20(18)24(26)17-9-5-4-6-10-17/h4-12,15-16,24H,13-14H2,1-3H3/t24-/m0/s1. The van der Waals surface area contributed by atoms with Crippen LogP contribution < -0.4 is 14.2 Å². The molecule has 1 aliphatic heterocycles. The van der Waals surface area contributed by atoms with Crippen molar-refractivity contribution < 1.29 is 19.0 Å². The molecule has 5 heteroatoms. The highest BCUT2D eigenvalue weighted by Crippen LogP contribution is 2.41. The molecule has 0 fully saturated rings. The van der Waals surface area contributed by atoms with Crippen molar-refractivity contribution in [3.05, 3.63) is 89.0 Å². The molecule has 5 nitrogen and oxygen atoms in total. The van der Waals surface area contributed by atoms with Crippen molar-refractivity contribution in [2.24, 2.45) is 0 Å². The van der Waals surface area contributed by atoms with E-state index >= 15 is 0 Å². The Kier molecular flexibility index (Phi) is 5.61. The Labute approximate surface area is 176 Å². The molecule has 1 amide bonds. The maximum absolute atomic E-state index is 13.6. The Hall–Kier alpha value is -3.47. The normalized spacial score (nSPS) is 15.3. The Morgan fingerprint density at radius 1 is 0.833 bits per heavy atom. The minimum atomic E-state index is -0.229. The summed E-state index contributed by atoms with van der Waals surface area (Å²) in [4.78, 5) is 15.6. The third kappa shape index (κ3) is 3.47. The van der Waals surface area contributed by atoms with E-state index < -0.39 is 0 Å². The fourth-order valence-electron chi connectivity index (χ4n) is 4.14. The Morgan fingerprint density at radius 3 is 2.17 bits per heavy atom. The molecule has 0 saturated carbocycles. The molecule has 4 rings (SSSR count). The Balaban J connectivity index is 1.85. The largest absolute Gasteiger partial charge is 0.496 e. The number of ether oxygens (including phenoxy) is 3. The molecular weight excluding hydrogens is 378 g/mol. The minimum absolute atomic E-state index is 0.0539. The lowest BCUT2D eigenvalue weighted by atomic mass is 9.87. The molecular formula is C25H25NO4. The summed E-state index contributed by atoms with van der Waals surface area (Å²) in [5.74, 6) is 1.88. The Bertz CT molecular complexity index is 1050. The van der Waals surface area contributed by atoms with Crippen molar-refractivity contribution >= 4 is 5.91 Å². The first-order valence-electron chi connectivity index (χ1n) is 9.91. The zero-order valence-electron chi connectivity index (χ0n) is 17.4. The van der Waals surface area contributed by atoms with Crippen LogP contribution in [0.4, 0.5) is 0 Å². The number of rotatable bonds is 5. The number of benzene rings is 3. The van der Waals surface area contributed by atoms with E-state index in [1.807, 2.05) is 59.5 Å². The van der Waals surface area contributed by atoms with Crippen molar-refractivity contribution in [3.8, 4) is 17.2 Å². The highest BCUT2D eigenvalue weighted by molar-refractivity contribution is 5.97. The van der Waals surface area contributed by atoms with Gasteiger partial charge in [0.05, 0.1) is 32.9 Å². The van der Waals surface area contributed by atoms with Gasteiger partial charge >= 0.3 is 0 Å². The average molecular weight is 403 g/mol. The van der Waals surface area contributed by atoms with E-state index in [0.29, 0.717) is 29.4 Å². The maximum atomic E-state index is 13.6. The van der Waals surface area contributed by atoms with E-state index in [9.17, 15) is 4.79 Å². The molecule has 1 atom stereocenters. The van der Waals surface area contributed by atoms with E-state index in [2.05, 4.69) is 12.1 Å². The second-order valence-corrected chi connectivity index (χ2v) is 7.17. The molecule has 0 radical (unpaired) electrons. The lowest BCUT2D eigenvalue weighted by Gasteiger charge is -2.38. The van der Waals surface area contributed by atoms with Gasteiger partial charge in [-0.25, -0.2) is 0 Å². The first-order chi connectivity index (χ1) is 14.7. The van der Waals surface area contributed by atoms with Crippen LogP contribution in [-0.2, 0) is 6.42 Å². The zero-order chi connectivity index (χ0) is 21.1. The van der Waals surface area contributed by atoms with Crippen molar-refractivity contribution in [1.29, 1.82) is 0 Å². The second-order valence-electron chi connectivity index (χ2n) is 7.17. The van der Waals surface area contributed by atoms with Crippen molar-refractivity contribution in [3.63, 3.8) is 0 Å². The van der Waals surface area contributed by atoms with Crippen LogP contribution >= 0.6 is 0 Å². The van der Waals surface area contributed by atoms with Gasteiger partial charge in [-0.15, -0.1) is 0 Å². The third-order valence-electron chi connectivity index (χ3n) is 5.59. The van der Waals surface area contributed by atoms with Gasteiger partial charge in [0.2, 0.25) is 0 Å². The molecule has 1 aliphatic rings. The van der Waals surface area contributed by atoms with Crippen LogP contribution in [-0.4, -0.2) is 38.7 Å². The van der Waals surface area contributed by atoms with Gasteiger partial charge in [-0.3, -0.25) is 4.79 Å². The van der Waals surface area contributed by atoms with Crippen LogP contribution in [0.25, 0.3) is 0 Å². The van der Waals surface area contributed by atoms with Crippen molar-refractivity contribution in [2.75, 3.05) is 27.9 Å². The van der Waals surface area contributed by atoms with Crippen LogP contribution in [0.5, 0.6) is 17.2 Å². The summed E-state index contributed by atoms with van der Waals surface area (Å²) in [5.41, 5.74) is 3.82. The van der Waals surface area contributed by atoms with Gasteiger partial charge in [0.15, 0.2) is 11.5 Å². The number of methoxy groups -OCH3 is 3. The molecule has 1 heterocycles. The van der Waals surface area contributed by atoms with Crippen LogP contribution in [0.1, 0.15) is 33.1 Å². The van der Waals surface area contributed by atoms with E-state index in [4.69, 9.17) is 14.2 Å². The average Bonchev–Trinajstić information content (AvgIpc) is 2.82. The molecule has 0 bridgehead atoms. The molecule has 0 aliphatic carbocycles. The van der Waals surface area contributed by atoms with E-state index in [1.165, 1.54) is 0 Å². The first-order valence-corrected chi connectivity index (χ1v) is 9.91. The second kappa shape index (κ2) is 8.49. The number of carbonyl (C=O) groups is 1. The molecule has 0 saturated heterocycles. The summed E-state index contributed by atoms with van der Waals surface area (Å²) in [6, 6.07) is 21.2. The number of carbonyl (C=O) groups excluding carboxylic acids is 1. The minimum Gasteiger partial charge on any atom is -0.496 e. The van der Waals surface area contributed by atoms with Crippen molar-refractivity contribution in [1.82, 2.24) is 4.90 Å². The fourth-order valence-corrected chi connectivity index (χ4v) is 4.14. The monoisotopic (exact) mass is 403 g/mol. The summed E-state index contributed by atoms with van der Waals surface area (Å²) >= 11 is 0. The predicted molar refractivity (Wildman–Crippen MR) is 116 cm³/mol. The number of amides is 1. The van der Waals surface area contributed by atoms with E-state index in [-0.39, 0.29) is 11.9 Å². The molecule has 0 spiro atoms. The van der Waals surface area contributed by atoms with Gasteiger partial charge in [0.1, 0.15) is 5.75 Å². The highest BCUT2D eigenvalue weighted by Gasteiger charge is 2.34. The van der Waals surface area contributed by atoms with Crippen LogP contribution in [0, 0.1) is 0 Å². The number of fused-ring (bicyclic) bond motifs is 1. The quantitative estimate of drug-likeness (QED) is 0.629. The highest BCUT2D eigenvalue weighted by atomic mass is 16.5. The SMILES string of the molecule is COc1cc2c(cc1OC)[C@H](c1ccccc1)N(C(=O)c1ccccc1OC)CC2. The molecule has 0 aromatic heterocycles. The lowest BCUT2D eigenvalue weighted by molar-refractivity contribution is 0.0690. The Morgan fingerprint density at radius 2 is 1.47 bits per heavy atom.